The van der Waals surface area contributed by atoms with E-state index in [0.29, 0.717) is 16.9 Å². The van der Waals surface area contributed by atoms with Gasteiger partial charge in [-0.25, -0.2) is 0 Å². The van der Waals surface area contributed by atoms with E-state index >= 15 is 0 Å². The first-order valence-electron chi connectivity index (χ1n) is 6.06. The molecule has 0 saturated heterocycles. The molecule has 2 aromatic carbocycles. The average Bonchev–Trinajstić information content (AvgIpc) is 2.46. The largest absolute Gasteiger partial charge is 0.508 e. The van der Waals surface area contributed by atoms with E-state index in [2.05, 4.69) is 0 Å². The summed E-state index contributed by atoms with van der Waals surface area (Å²) in [5, 5.41) is 20.7. The highest BCUT2D eigenvalue weighted by atomic mass is 16.6. The summed E-state index contributed by atoms with van der Waals surface area (Å²) in [7, 11) is 0. The first kappa shape index (κ1) is 12.2. The Labute approximate surface area is 114 Å². The summed E-state index contributed by atoms with van der Waals surface area (Å²) in [6, 6.07) is 13.6. The molecular weight excluding hydrogens is 258 g/mol. The summed E-state index contributed by atoms with van der Waals surface area (Å²) < 4.78 is 5.73. The van der Waals surface area contributed by atoms with Crippen LogP contribution < -0.4 is 4.74 Å². The van der Waals surface area contributed by atoms with E-state index in [-0.39, 0.29) is 11.4 Å². The van der Waals surface area contributed by atoms with Gasteiger partial charge in [0.2, 0.25) is 6.10 Å². The molecule has 1 heterocycles. The predicted molar refractivity (Wildman–Crippen MR) is 72.9 cm³/mol. The van der Waals surface area contributed by atoms with E-state index < -0.39 is 11.0 Å². The molecule has 0 bridgehead atoms. The van der Waals surface area contributed by atoms with Crippen molar-refractivity contribution in [2.45, 2.75) is 6.10 Å². The van der Waals surface area contributed by atoms with Crippen LogP contribution in [-0.2, 0) is 0 Å². The van der Waals surface area contributed by atoms with Crippen LogP contribution >= 0.6 is 0 Å². The van der Waals surface area contributed by atoms with Crippen molar-refractivity contribution in [3.63, 3.8) is 0 Å². The third-order valence-corrected chi connectivity index (χ3v) is 3.12. The molecule has 100 valence electrons. The summed E-state index contributed by atoms with van der Waals surface area (Å²) in [5.74, 6) is 0.562. The number of nitro groups is 1. The van der Waals surface area contributed by atoms with Crippen molar-refractivity contribution in [3.05, 3.63) is 75.5 Å². The molecule has 1 atom stereocenters. The number of phenols is 1. The SMILES string of the molecule is O=[N+]([O-])C1=Cc2cc(O)ccc2OC1c1ccccc1. The van der Waals surface area contributed by atoms with Gasteiger partial charge in [-0.2, -0.15) is 0 Å². The van der Waals surface area contributed by atoms with Gasteiger partial charge >= 0.3 is 0 Å². The van der Waals surface area contributed by atoms with Crippen molar-refractivity contribution < 1.29 is 14.8 Å². The third-order valence-electron chi connectivity index (χ3n) is 3.12. The zero-order valence-corrected chi connectivity index (χ0v) is 10.4. The molecule has 1 aliphatic rings. The van der Waals surface area contributed by atoms with Gasteiger partial charge in [0, 0.05) is 17.2 Å². The molecule has 1 unspecified atom stereocenters. The van der Waals surface area contributed by atoms with Crippen LogP contribution in [0.2, 0.25) is 0 Å². The molecule has 2 aromatic rings. The zero-order chi connectivity index (χ0) is 14.1. The first-order valence-corrected chi connectivity index (χ1v) is 6.06. The summed E-state index contributed by atoms with van der Waals surface area (Å²) in [4.78, 5) is 10.8. The molecule has 5 heteroatoms. The van der Waals surface area contributed by atoms with Gasteiger partial charge in [-0.05, 0) is 18.2 Å². The Morgan fingerprint density at radius 1 is 1.15 bits per heavy atom. The molecule has 1 aliphatic heterocycles. The molecule has 0 aliphatic carbocycles. The molecule has 0 aromatic heterocycles. The van der Waals surface area contributed by atoms with Crippen LogP contribution in [0.1, 0.15) is 17.2 Å². The van der Waals surface area contributed by atoms with Crippen LogP contribution in [0.25, 0.3) is 6.08 Å². The quantitative estimate of drug-likeness (QED) is 0.671. The van der Waals surface area contributed by atoms with Crippen LogP contribution in [0, 0.1) is 10.1 Å². The fourth-order valence-corrected chi connectivity index (χ4v) is 2.19. The average molecular weight is 269 g/mol. The molecule has 0 radical (unpaired) electrons. The van der Waals surface area contributed by atoms with Crippen molar-refractivity contribution >= 4 is 6.08 Å². The lowest BCUT2D eigenvalue weighted by Crippen LogP contribution is -2.19. The minimum absolute atomic E-state index is 0.0458. The molecule has 0 spiro atoms. The smallest absolute Gasteiger partial charge is 0.291 e. The highest BCUT2D eigenvalue weighted by Crippen LogP contribution is 2.38. The van der Waals surface area contributed by atoms with Crippen molar-refractivity contribution in [3.8, 4) is 11.5 Å². The Balaban J connectivity index is 2.10. The molecular formula is C15H11NO4. The predicted octanol–water partition coefficient (Wildman–Crippen LogP) is 3.14. The van der Waals surface area contributed by atoms with Gasteiger partial charge in [0.15, 0.2) is 0 Å². The van der Waals surface area contributed by atoms with Crippen LogP contribution in [0.3, 0.4) is 0 Å². The van der Waals surface area contributed by atoms with Gasteiger partial charge in [-0.15, -0.1) is 0 Å². The van der Waals surface area contributed by atoms with Gasteiger partial charge < -0.3 is 9.84 Å². The van der Waals surface area contributed by atoms with E-state index in [9.17, 15) is 15.2 Å². The second-order valence-electron chi connectivity index (χ2n) is 4.46. The normalized spacial score (nSPS) is 16.8. The van der Waals surface area contributed by atoms with Crippen LogP contribution in [0.5, 0.6) is 11.5 Å². The third kappa shape index (κ3) is 2.09. The number of benzene rings is 2. The van der Waals surface area contributed by atoms with Crippen LogP contribution in [0.15, 0.2) is 54.2 Å². The number of hydrogen-bond donors (Lipinski definition) is 1. The Kier molecular flexibility index (Phi) is 2.87. The summed E-state index contributed by atoms with van der Waals surface area (Å²) in [6.07, 6.45) is 0.694. The number of nitrogens with zero attached hydrogens (tertiary/aromatic N) is 1. The lowest BCUT2D eigenvalue weighted by molar-refractivity contribution is -0.434. The highest BCUT2D eigenvalue weighted by Gasteiger charge is 2.33. The number of aromatic hydroxyl groups is 1. The summed E-state index contributed by atoms with van der Waals surface area (Å²) in [5.41, 5.74) is 1.17. The van der Waals surface area contributed by atoms with Gasteiger partial charge in [-0.1, -0.05) is 30.3 Å². The Morgan fingerprint density at radius 2 is 1.90 bits per heavy atom. The van der Waals surface area contributed by atoms with E-state index in [4.69, 9.17) is 4.74 Å². The summed E-state index contributed by atoms with van der Waals surface area (Å²) >= 11 is 0. The van der Waals surface area contributed by atoms with Gasteiger partial charge in [0.25, 0.3) is 5.70 Å². The van der Waals surface area contributed by atoms with Crippen LogP contribution in [0.4, 0.5) is 0 Å². The maximum atomic E-state index is 11.2. The number of fused-ring (bicyclic) bond motifs is 1. The first-order chi connectivity index (χ1) is 9.65. The van der Waals surface area contributed by atoms with Crippen molar-refractivity contribution in [2.24, 2.45) is 0 Å². The minimum atomic E-state index is -0.747. The van der Waals surface area contributed by atoms with E-state index in [1.54, 1.807) is 18.2 Å². The molecule has 3 rings (SSSR count). The fraction of sp³-hybridized carbons (Fsp3) is 0.0667. The van der Waals surface area contributed by atoms with Crippen molar-refractivity contribution in [1.29, 1.82) is 0 Å². The second kappa shape index (κ2) is 4.70. The molecule has 0 amide bonds. The number of ether oxygens (including phenoxy) is 1. The maximum Gasteiger partial charge on any atom is 0.291 e. The Bertz CT molecular complexity index is 694. The molecule has 1 N–H and O–H groups in total. The standard InChI is InChI=1S/C15H11NO4/c17-12-6-7-14-11(8-12)9-13(16(18)19)15(20-14)10-4-2-1-3-5-10/h1-9,15,17H. The van der Waals surface area contributed by atoms with E-state index in [1.165, 1.54) is 18.2 Å². The lowest BCUT2D eigenvalue weighted by Gasteiger charge is -2.22. The van der Waals surface area contributed by atoms with E-state index in [1.807, 2.05) is 18.2 Å². The van der Waals surface area contributed by atoms with Crippen molar-refractivity contribution in [2.75, 3.05) is 0 Å². The zero-order valence-electron chi connectivity index (χ0n) is 10.4. The molecule has 0 saturated carbocycles. The lowest BCUT2D eigenvalue weighted by atomic mass is 10.0. The fourth-order valence-electron chi connectivity index (χ4n) is 2.19. The summed E-state index contributed by atoms with van der Waals surface area (Å²) in [6.45, 7) is 0. The Hall–Kier alpha value is -2.82. The number of phenolic OH excluding ortho intramolecular Hbond substituents is 1. The molecule has 0 fully saturated rings. The minimum Gasteiger partial charge on any atom is -0.508 e. The molecule has 20 heavy (non-hydrogen) atoms. The van der Waals surface area contributed by atoms with Crippen LogP contribution in [-0.4, -0.2) is 10.0 Å². The van der Waals surface area contributed by atoms with Crippen molar-refractivity contribution in [1.82, 2.24) is 0 Å². The number of hydrogen-bond acceptors (Lipinski definition) is 4. The Morgan fingerprint density at radius 3 is 2.60 bits per heavy atom. The van der Waals surface area contributed by atoms with Gasteiger partial charge in [0.05, 0.1) is 4.92 Å². The second-order valence-corrected chi connectivity index (χ2v) is 4.46. The highest BCUT2D eigenvalue weighted by molar-refractivity contribution is 5.64. The van der Waals surface area contributed by atoms with Gasteiger partial charge in [-0.3, -0.25) is 10.1 Å². The molecule has 5 nitrogen and oxygen atoms in total. The maximum absolute atomic E-state index is 11.2. The monoisotopic (exact) mass is 269 g/mol. The van der Waals surface area contributed by atoms with Gasteiger partial charge in [0.1, 0.15) is 11.5 Å². The number of rotatable bonds is 2. The van der Waals surface area contributed by atoms with E-state index in [0.717, 1.165) is 0 Å². The topological polar surface area (TPSA) is 72.6 Å².